The molecule has 0 amide bonds. The molecule has 0 radical (unpaired) electrons. The Labute approximate surface area is 147 Å². The van der Waals surface area contributed by atoms with Gasteiger partial charge in [-0.25, -0.2) is 18.5 Å². The van der Waals surface area contributed by atoms with Crippen LogP contribution in [0.25, 0.3) is 22.4 Å². The van der Waals surface area contributed by atoms with E-state index in [1.54, 1.807) is 13.2 Å². The number of fused-ring (bicyclic) bond motifs is 1. The van der Waals surface area contributed by atoms with Crippen LogP contribution in [0.3, 0.4) is 0 Å². The van der Waals surface area contributed by atoms with Crippen LogP contribution in [0.1, 0.15) is 19.8 Å². The van der Waals surface area contributed by atoms with Gasteiger partial charge in [-0.05, 0) is 48.9 Å². The Morgan fingerprint density at radius 1 is 1.16 bits per heavy atom. The predicted octanol–water partition coefficient (Wildman–Crippen LogP) is 3.16. The molecule has 0 bridgehead atoms. The number of hydrogen-bond donors (Lipinski definition) is 1. The molecular formula is C18H21N3O3S. The van der Waals surface area contributed by atoms with Crippen molar-refractivity contribution in [3.63, 3.8) is 0 Å². The fourth-order valence-corrected chi connectivity index (χ4v) is 3.32. The molecule has 6 nitrogen and oxygen atoms in total. The van der Waals surface area contributed by atoms with Crippen LogP contribution < -0.4 is 9.88 Å². The summed E-state index contributed by atoms with van der Waals surface area (Å²) in [5.74, 6) is 1.58. The van der Waals surface area contributed by atoms with Crippen molar-refractivity contribution in [3.8, 4) is 17.1 Å². The molecule has 0 unspecified atom stereocenters. The maximum Gasteiger partial charge on any atom is 0.238 e. The number of sulfonamides is 1. The number of aryl methyl sites for hydroxylation is 1. The lowest BCUT2D eigenvalue weighted by molar-refractivity contribution is 0.415. The molecule has 1 heterocycles. The predicted molar refractivity (Wildman–Crippen MR) is 98.0 cm³/mol. The summed E-state index contributed by atoms with van der Waals surface area (Å²) in [6, 6.07) is 12.5. The van der Waals surface area contributed by atoms with Crippen molar-refractivity contribution < 1.29 is 13.2 Å². The van der Waals surface area contributed by atoms with Crippen LogP contribution in [0.2, 0.25) is 0 Å². The van der Waals surface area contributed by atoms with Gasteiger partial charge in [0.2, 0.25) is 10.0 Å². The minimum atomic E-state index is -3.75. The van der Waals surface area contributed by atoms with Gasteiger partial charge in [-0.3, -0.25) is 0 Å². The Hall–Kier alpha value is -2.38. The third-order valence-corrected chi connectivity index (χ3v) is 5.04. The number of ether oxygens (including phenoxy) is 1. The molecule has 0 spiro atoms. The summed E-state index contributed by atoms with van der Waals surface area (Å²) < 4.78 is 30.5. The molecule has 3 aromatic rings. The first kappa shape index (κ1) is 17.4. The number of primary sulfonamides is 1. The average molecular weight is 359 g/mol. The smallest absolute Gasteiger partial charge is 0.238 e. The lowest BCUT2D eigenvalue weighted by Crippen LogP contribution is -2.11. The van der Waals surface area contributed by atoms with E-state index < -0.39 is 10.0 Å². The fourth-order valence-electron chi connectivity index (χ4n) is 2.79. The minimum absolute atomic E-state index is 0.0708. The van der Waals surface area contributed by atoms with Gasteiger partial charge >= 0.3 is 0 Å². The first-order chi connectivity index (χ1) is 11.9. The molecule has 2 aromatic carbocycles. The summed E-state index contributed by atoms with van der Waals surface area (Å²) in [6.07, 6.45) is 2.06. The molecule has 2 N–H and O–H groups in total. The Morgan fingerprint density at radius 2 is 1.88 bits per heavy atom. The lowest BCUT2D eigenvalue weighted by Gasteiger charge is -2.09. The quantitative estimate of drug-likeness (QED) is 0.732. The van der Waals surface area contributed by atoms with Crippen LogP contribution in [0.4, 0.5) is 0 Å². The van der Waals surface area contributed by atoms with Gasteiger partial charge in [-0.2, -0.15) is 0 Å². The van der Waals surface area contributed by atoms with Crippen LogP contribution >= 0.6 is 0 Å². The second-order valence-electron chi connectivity index (χ2n) is 5.86. The largest absolute Gasteiger partial charge is 0.497 e. The Morgan fingerprint density at radius 3 is 2.48 bits per heavy atom. The van der Waals surface area contributed by atoms with Gasteiger partial charge in [0.05, 0.1) is 23.0 Å². The maximum absolute atomic E-state index is 11.6. The zero-order valence-electron chi connectivity index (χ0n) is 14.3. The summed E-state index contributed by atoms with van der Waals surface area (Å²) in [5, 5.41) is 5.24. The van der Waals surface area contributed by atoms with E-state index in [0.717, 1.165) is 42.0 Å². The van der Waals surface area contributed by atoms with Gasteiger partial charge in [-0.1, -0.05) is 13.3 Å². The van der Waals surface area contributed by atoms with E-state index >= 15 is 0 Å². The zero-order valence-corrected chi connectivity index (χ0v) is 15.1. The molecule has 0 saturated carbocycles. The SMILES string of the molecule is CCCCn1c(-c2ccc(OC)cc2)nc2cc(S(N)(=O)=O)ccc21. The van der Waals surface area contributed by atoms with E-state index in [4.69, 9.17) is 9.88 Å². The highest BCUT2D eigenvalue weighted by molar-refractivity contribution is 7.89. The van der Waals surface area contributed by atoms with Crippen molar-refractivity contribution in [2.24, 2.45) is 5.14 Å². The van der Waals surface area contributed by atoms with E-state index in [9.17, 15) is 8.42 Å². The third kappa shape index (κ3) is 3.52. The number of hydrogen-bond acceptors (Lipinski definition) is 4. The summed E-state index contributed by atoms with van der Waals surface area (Å²) in [6.45, 7) is 2.94. The molecule has 132 valence electrons. The Balaban J connectivity index is 2.17. The minimum Gasteiger partial charge on any atom is -0.497 e. The number of nitrogens with two attached hydrogens (primary N) is 1. The fraction of sp³-hybridized carbons (Fsp3) is 0.278. The van der Waals surface area contributed by atoms with Gasteiger partial charge in [0.15, 0.2) is 0 Å². The summed E-state index contributed by atoms with van der Waals surface area (Å²) in [4.78, 5) is 4.74. The van der Waals surface area contributed by atoms with Crippen LogP contribution in [0, 0.1) is 0 Å². The number of benzene rings is 2. The molecule has 0 saturated heterocycles. The highest BCUT2D eigenvalue weighted by Crippen LogP contribution is 2.28. The number of aromatic nitrogens is 2. The van der Waals surface area contributed by atoms with Crippen molar-refractivity contribution in [1.29, 1.82) is 0 Å². The molecule has 3 rings (SSSR count). The van der Waals surface area contributed by atoms with Gasteiger partial charge in [0.25, 0.3) is 0 Å². The summed E-state index contributed by atoms with van der Waals surface area (Å²) in [7, 11) is -2.13. The van der Waals surface area contributed by atoms with E-state index in [1.165, 1.54) is 12.1 Å². The number of unbranched alkanes of at least 4 members (excludes halogenated alkanes) is 1. The van der Waals surface area contributed by atoms with E-state index in [2.05, 4.69) is 16.5 Å². The van der Waals surface area contributed by atoms with Crippen LogP contribution in [0.5, 0.6) is 5.75 Å². The molecule has 25 heavy (non-hydrogen) atoms. The van der Waals surface area contributed by atoms with Crippen molar-refractivity contribution in [1.82, 2.24) is 9.55 Å². The van der Waals surface area contributed by atoms with Gasteiger partial charge in [-0.15, -0.1) is 0 Å². The molecular weight excluding hydrogens is 338 g/mol. The number of rotatable bonds is 6. The van der Waals surface area contributed by atoms with Gasteiger partial charge < -0.3 is 9.30 Å². The molecule has 0 atom stereocenters. The van der Waals surface area contributed by atoms with Gasteiger partial charge in [0, 0.05) is 12.1 Å². The van der Waals surface area contributed by atoms with Crippen LogP contribution in [-0.2, 0) is 16.6 Å². The summed E-state index contributed by atoms with van der Waals surface area (Å²) >= 11 is 0. The topological polar surface area (TPSA) is 87.2 Å². The maximum atomic E-state index is 11.6. The van der Waals surface area contributed by atoms with E-state index in [-0.39, 0.29) is 4.90 Å². The molecule has 0 aliphatic rings. The number of imidazole rings is 1. The normalized spacial score (nSPS) is 11.8. The molecule has 0 fully saturated rings. The Kier molecular flexibility index (Phi) is 4.78. The molecule has 0 aliphatic carbocycles. The highest BCUT2D eigenvalue weighted by Gasteiger charge is 2.15. The van der Waals surface area contributed by atoms with Crippen molar-refractivity contribution in [2.75, 3.05) is 7.11 Å². The second-order valence-corrected chi connectivity index (χ2v) is 7.43. The lowest BCUT2D eigenvalue weighted by atomic mass is 10.2. The van der Waals surface area contributed by atoms with Crippen LogP contribution in [0.15, 0.2) is 47.4 Å². The first-order valence-corrected chi connectivity index (χ1v) is 9.66. The molecule has 1 aromatic heterocycles. The third-order valence-electron chi connectivity index (χ3n) is 4.13. The zero-order chi connectivity index (χ0) is 18.0. The first-order valence-electron chi connectivity index (χ1n) is 8.11. The molecule has 0 aliphatic heterocycles. The molecule has 7 heteroatoms. The van der Waals surface area contributed by atoms with Crippen molar-refractivity contribution in [3.05, 3.63) is 42.5 Å². The number of methoxy groups -OCH3 is 1. The van der Waals surface area contributed by atoms with Crippen molar-refractivity contribution in [2.45, 2.75) is 31.2 Å². The van der Waals surface area contributed by atoms with E-state index in [0.29, 0.717) is 5.52 Å². The standard InChI is InChI=1S/C18H21N3O3S/c1-3-4-11-21-17-10-9-15(25(19,22)23)12-16(17)20-18(21)13-5-7-14(24-2)8-6-13/h5-10,12H,3-4,11H2,1-2H3,(H2,19,22,23). The Bertz CT molecular complexity index is 992. The van der Waals surface area contributed by atoms with Crippen molar-refractivity contribution >= 4 is 21.1 Å². The number of nitrogens with zero attached hydrogens (tertiary/aromatic N) is 2. The van der Waals surface area contributed by atoms with E-state index in [1.807, 2.05) is 24.3 Å². The monoisotopic (exact) mass is 359 g/mol. The van der Waals surface area contributed by atoms with Gasteiger partial charge in [0.1, 0.15) is 11.6 Å². The highest BCUT2D eigenvalue weighted by atomic mass is 32.2. The second kappa shape index (κ2) is 6.85. The average Bonchev–Trinajstić information content (AvgIpc) is 2.97. The summed E-state index contributed by atoms with van der Waals surface area (Å²) in [5.41, 5.74) is 2.46. The van der Waals surface area contributed by atoms with Crippen LogP contribution in [-0.4, -0.2) is 25.1 Å².